The van der Waals surface area contributed by atoms with Crippen molar-refractivity contribution in [2.45, 2.75) is 39.5 Å². The first-order chi connectivity index (χ1) is 6.04. The van der Waals surface area contributed by atoms with Crippen molar-refractivity contribution >= 4 is 5.78 Å². The molecule has 2 aliphatic rings. The van der Waals surface area contributed by atoms with Crippen molar-refractivity contribution in [1.82, 2.24) is 0 Å². The summed E-state index contributed by atoms with van der Waals surface area (Å²) in [6.45, 7) is 4.18. The Morgan fingerprint density at radius 3 is 2.69 bits per heavy atom. The second-order valence-electron chi connectivity index (χ2n) is 4.95. The van der Waals surface area contributed by atoms with E-state index in [9.17, 15) is 4.79 Å². The molecule has 3 atom stereocenters. The second kappa shape index (κ2) is 2.35. The molecule has 2 heteroatoms. The summed E-state index contributed by atoms with van der Waals surface area (Å²) in [4.78, 5) is 11.7. The van der Waals surface area contributed by atoms with E-state index >= 15 is 0 Å². The molecule has 2 nitrogen and oxygen atoms in total. The van der Waals surface area contributed by atoms with Gasteiger partial charge in [0, 0.05) is 18.3 Å². The predicted octanol–water partition coefficient (Wildman–Crippen LogP) is 2.30. The fraction of sp³-hybridized carbons (Fsp3) is 0.818. The van der Waals surface area contributed by atoms with Crippen LogP contribution in [-0.2, 0) is 4.79 Å². The maximum Gasteiger partial charge on any atom is 0.139 e. The van der Waals surface area contributed by atoms with Gasteiger partial charge in [-0.1, -0.05) is 13.8 Å². The summed E-state index contributed by atoms with van der Waals surface area (Å²) in [5, 5.41) is 8.79. The molecule has 0 aromatic carbocycles. The number of ketones is 1. The van der Waals surface area contributed by atoms with Crippen LogP contribution in [0, 0.1) is 28.1 Å². The van der Waals surface area contributed by atoms with Crippen molar-refractivity contribution in [2.75, 3.05) is 0 Å². The SMILES string of the molecule is C[C@@]12CC[C@@H](CC1=O)[C@@]2(C)CC#N. The van der Waals surface area contributed by atoms with Gasteiger partial charge in [-0.05, 0) is 24.2 Å². The number of hydrogen-bond acceptors (Lipinski definition) is 2. The van der Waals surface area contributed by atoms with Gasteiger partial charge in [0.15, 0.2) is 0 Å². The third-order valence-corrected chi connectivity index (χ3v) is 4.65. The van der Waals surface area contributed by atoms with E-state index in [0.717, 1.165) is 12.8 Å². The largest absolute Gasteiger partial charge is 0.299 e. The highest BCUT2D eigenvalue weighted by atomic mass is 16.1. The van der Waals surface area contributed by atoms with Crippen molar-refractivity contribution in [2.24, 2.45) is 16.7 Å². The minimum Gasteiger partial charge on any atom is -0.299 e. The van der Waals surface area contributed by atoms with Gasteiger partial charge in [-0.2, -0.15) is 5.26 Å². The van der Waals surface area contributed by atoms with Crippen LogP contribution >= 0.6 is 0 Å². The highest BCUT2D eigenvalue weighted by molar-refractivity contribution is 5.89. The van der Waals surface area contributed by atoms with E-state index in [1.807, 2.05) is 0 Å². The number of rotatable bonds is 1. The molecule has 70 valence electrons. The maximum atomic E-state index is 11.7. The molecule has 2 aliphatic carbocycles. The van der Waals surface area contributed by atoms with Crippen molar-refractivity contribution in [3.63, 3.8) is 0 Å². The lowest BCUT2D eigenvalue weighted by atomic mass is 9.67. The molecule has 13 heavy (non-hydrogen) atoms. The van der Waals surface area contributed by atoms with Crippen molar-refractivity contribution < 1.29 is 4.79 Å². The number of carbonyl (C=O) groups excluding carboxylic acids is 1. The third kappa shape index (κ3) is 0.802. The van der Waals surface area contributed by atoms with Gasteiger partial charge in [0.1, 0.15) is 5.78 Å². The van der Waals surface area contributed by atoms with E-state index in [-0.39, 0.29) is 10.8 Å². The summed E-state index contributed by atoms with van der Waals surface area (Å²) in [6, 6.07) is 2.24. The first kappa shape index (κ1) is 8.74. The first-order valence-corrected chi connectivity index (χ1v) is 4.95. The first-order valence-electron chi connectivity index (χ1n) is 4.95. The molecule has 0 heterocycles. The lowest BCUT2D eigenvalue weighted by molar-refractivity contribution is -0.128. The van der Waals surface area contributed by atoms with Gasteiger partial charge in [-0.25, -0.2) is 0 Å². The van der Waals surface area contributed by atoms with Crippen LogP contribution in [0.4, 0.5) is 0 Å². The monoisotopic (exact) mass is 177 g/mol. The number of nitrogens with zero attached hydrogens (tertiary/aromatic N) is 1. The summed E-state index contributed by atoms with van der Waals surface area (Å²) in [5.74, 6) is 0.867. The molecule has 0 aromatic rings. The molecular weight excluding hydrogens is 162 g/mol. The number of Topliss-reactive ketones (excluding diaryl/α,β-unsaturated/α-hetero) is 1. The van der Waals surface area contributed by atoms with Crippen LogP contribution < -0.4 is 0 Å². The zero-order valence-electron chi connectivity index (χ0n) is 8.26. The highest BCUT2D eigenvalue weighted by Crippen LogP contribution is 2.65. The molecule has 2 bridgehead atoms. The molecule has 2 saturated carbocycles. The van der Waals surface area contributed by atoms with E-state index < -0.39 is 0 Å². The van der Waals surface area contributed by atoms with Crippen molar-refractivity contribution in [3.8, 4) is 6.07 Å². The number of nitriles is 1. The van der Waals surface area contributed by atoms with Crippen LogP contribution in [0.1, 0.15) is 39.5 Å². The summed E-state index contributed by atoms with van der Waals surface area (Å²) in [7, 11) is 0. The summed E-state index contributed by atoms with van der Waals surface area (Å²) in [5.41, 5.74) is -0.216. The lowest BCUT2D eigenvalue weighted by Crippen LogP contribution is -2.34. The van der Waals surface area contributed by atoms with E-state index in [4.69, 9.17) is 5.26 Å². The Kier molecular flexibility index (Phi) is 1.58. The molecule has 0 saturated heterocycles. The smallest absolute Gasteiger partial charge is 0.139 e. The highest BCUT2D eigenvalue weighted by Gasteiger charge is 2.63. The normalized spacial score (nSPS) is 48.1. The number of carbonyl (C=O) groups is 1. The van der Waals surface area contributed by atoms with Gasteiger partial charge in [-0.15, -0.1) is 0 Å². The molecule has 0 N–H and O–H groups in total. The Balaban J connectivity index is 2.42. The van der Waals surface area contributed by atoms with Crippen LogP contribution in [0.25, 0.3) is 0 Å². The summed E-state index contributed by atoms with van der Waals surface area (Å²) in [6.07, 6.45) is 3.39. The number of hydrogen-bond donors (Lipinski definition) is 0. The molecule has 0 radical (unpaired) electrons. The Hall–Kier alpha value is -0.840. The van der Waals surface area contributed by atoms with Crippen LogP contribution in [0.5, 0.6) is 0 Å². The average Bonchev–Trinajstić information content (AvgIpc) is 2.39. The topological polar surface area (TPSA) is 40.9 Å². The van der Waals surface area contributed by atoms with Crippen LogP contribution in [0.2, 0.25) is 0 Å². The second-order valence-corrected chi connectivity index (χ2v) is 4.95. The van der Waals surface area contributed by atoms with Gasteiger partial charge >= 0.3 is 0 Å². The summed E-state index contributed by atoms with van der Waals surface area (Å²) >= 11 is 0. The maximum absolute atomic E-state index is 11.7. The average molecular weight is 177 g/mol. The van der Waals surface area contributed by atoms with Crippen LogP contribution in [-0.4, -0.2) is 5.78 Å². The van der Waals surface area contributed by atoms with E-state index in [1.165, 1.54) is 0 Å². The van der Waals surface area contributed by atoms with E-state index in [0.29, 0.717) is 24.5 Å². The van der Waals surface area contributed by atoms with Gasteiger partial charge < -0.3 is 0 Å². The minimum absolute atomic E-state index is 0.0289. The molecule has 0 unspecified atom stereocenters. The Morgan fingerprint density at radius 2 is 2.31 bits per heavy atom. The third-order valence-electron chi connectivity index (χ3n) is 4.65. The van der Waals surface area contributed by atoms with E-state index in [1.54, 1.807) is 0 Å². The quantitative estimate of drug-likeness (QED) is 0.616. The van der Waals surface area contributed by atoms with Gasteiger partial charge in [0.25, 0.3) is 0 Å². The van der Waals surface area contributed by atoms with Gasteiger partial charge in [-0.3, -0.25) is 4.79 Å². The molecule has 0 aromatic heterocycles. The Labute approximate surface area is 78.9 Å². The molecular formula is C11H15NO. The summed E-state index contributed by atoms with van der Waals surface area (Å²) < 4.78 is 0. The molecule has 0 spiro atoms. The fourth-order valence-corrected chi connectivity index (χ4v) is 3.26. The standard InChI is InChI=1S/C11H15NO/c1-10(5-6-12)8-3-4-11(10,2)9(13)7-8/h8H,3-5,7H2,1-2H3/t8-,10+,11+/m0/s1. The number of fused-ring (bicyclic) bond motifs is 2. The molecule has 0 amide bonds. The lowest BCUT2D eigenvalue weighted by Gasteiger charge is -2.34. The Morgan fingerprint density at radius 1 is 1.62 bits per heavy atom. The molecule has 0 aliphatic heterocycles. The zero-order valence-corrected chi connectivity index (χ0v) is 8.26. The minimum atomic E-state index is -0.187. The molecule has 2 rings (SSSR count). The van der Waals surface area contributed by atoms with E-state index in [2.05, 4.69) is 19.9 Å². The zero-order chi connectivity index (χ0) is 9.69. The van der Waals surface area contributed by atoms with Crippen LogP contribution in [0.3, 0.4) is 0 Å². The fourth-order valence-electron chi connectivity index (χ4n) is 3.26. The predicted molar refractivity (Wildman–Crippen MR) is 48.8 cm³/mol. The molecule has 2 fully saturated rings. The van der Waals surface area contributed by atoms with Gasteiger partial charge in [0.05, 0.1) is 6.07 Å². The van der Waals surface area contributed by atoms with Gasteiger partial charge in [0.2, 0.25) is 0 Å². The van der Waals surface area contributed by atoms with Crippen molar-refractivity contribution in [1.29, 1.82) is 5.26 Å². The van der Waals surface area contributed by atoms with Crippen LogP contribution in [0.15, 0.2) is 0 Å². The Bertz CT molecular complexity index is 304. The van der Waals surface area contributed by atoms with Crippen molar-refractivity contribution in [3.05, 3.63) is 0 Å².